The van der Waals surface area contributed by atoms with Crippen LogP contribution in [0.3, 0.4) is 0 Å². The number of nitrogens with zero attached hydrogens (tertiary/aromatic N) is 1. The molecule has 2 aromatic rings. The molecule has 0 saturated carbocycles. The van der Waals surface area contributed by atoms with Crippen molar-refractivity contribution in [2.24, 2.45) is 0 Å². The first kappa shape index (κ1) is 11.3. The maximum atomic E-state index is 11.7. The van der Waals surface area contributed by atoms with Gasteiger partial charge in [0.1, 0.15) is 10.3 Å². The fourth-order valence-corrected chi connectivity index (χ4v) is 1.94. The molecule has 92 valence electrons. The molecule has 0 saturated heterocycles. The molecule has 0 bridgehead atoms. The number of rotatable bonds is 1. The molecular weight excluding hydrogens is 300 g/mol. The Labute approximate surface area is 111 Å². The van der Waals surface area contributed by atoms with Crippen molar-refractivity contribution in [1.82, 2.24) is 9.97 Å². The van der Waals surface area contributed by atoms with Crippen LogP contribution in [0.2, 0.25) is 0 Å². The smallest absolute Gasteiger partial charge is 0.265 e. The summed E-state index contributed by atoms with van der Waals surface area (Å²) in [6, 6.07) is 5.43. The highest BCUT2D eigenvalue weighted by molar-refractivity contribution is 9.10. The van der Waals surface area contributed by atoms with E-state index in [4.69, 9.17) is 9.47 Å². The lowest BCUT2D eigenvalue weighted by Crippen LogP contribution is -2.11. The molecule has 0 aliphatic carbocycles. The summed E-state index contributed by atoms with van der Waals surface area (Å²) in [5.74, 6) is 1.88. The number of ether oxygens (including phenoxy) is 2. The second-order valence-corrected chi connectivity index (χ2v) is 4.67. The van der Waals surface area contributed by atoms with Gasteiger partial charge in [0.25, 0.3) is 5.56 Å². The van der Waals surface area contributed by atoms with Crippen LogP contribution in [0.15, 0.2) is 27.5 Å². The van der Waals surface area contributed by atoms with Gasteiger partial charge in [-0.25, -0.2) is 4.98 Å². The minimum absolute atomic E-state index is 0.199. The quantitative estimate of drug-likeness (QED) is 0.877. The first-order chi connectivity index (χ1) is 8.65. The van der Waals surface area contributed by atoms with Gasteiger partial charge in [-0.15, -0.1) is 0 Å². The lowest BCUT2D eigenvalue weighted by Gasteiger charge is -2.04. The second kappa shape index (κ2) is 4.13. The van der Waals surface area contributed by atoms with E-state index in [2.05, 4.69) is 25.9 Å². The van der Waals surface area contributed by atoms with E-state index in [1.165, 1.54) is 0 Å². The van der Waals surface area contributed by atoms with Crippen LogP contribution in [0.4, 0.5) is 0 Å². The lowest BCUT2D eigenvalue weighted by atomic mass is 10.2. The van der Waals surface area contributed by atoms with E-state index in [-0.39, 0.29) is 12.4 Å². The van der Waals surface area contributed by atoms with Crippen molar-refractivity contribution in [2.75, 3.05) is 6.79 Å². The van der Waals surface area contributed by atoms with E-state index >= 15 is 0 Å². The Kier molecular flexibility index (Phi) is 2.59. The molecule has 3 rings (SSSR count). The number of nitrogens with one attached hydrogen (secondary N) is 1. The molecular formula is C12H9BrN2O3. The van der Waals surface area contributed by atoms with Gasteiger partial charge in [-0.3, -0.25) is 4.79 Å². The molecule has 0 atom stereocenters. The third kappa shape index (κ3) is 1.78. The SMILES string of the molecule is Cc1nc(-c2ccc3c(c2)OCO3)[nH]c(=O)c1Br. The molecule has 0 fully saturated rings. The molecule has 0 radical (unpaired) electrons. The predicted molar refractivity (Wildman–Crippen MR) is 68.9 cm³/mol. The van der Waals surface area contributed by atoms with E-state index < -0.39 is 0 Å². The molecule has 1 aliphatic rings. The van der Waals surface area contributed by atoms with Crippen molar-refractivity contribution >= 4 is 15.9 Å². The maximum Gasteiger partial charge on any atom is 0.265 e. The van der Waals surface area contributed by atoms with Gasteiger partial charge in [0.05, 0.1) is 5.69 Å². The standard InChI is InChI=1S/C12H9BrN2O3/c1-6-10(13)12(16)15-11(14-6)7-2-3-8-9(4-7)18-5-17-8/h2-4H,5H2,1H3,(H,14,15,16). The van der Waals surface area contributed by atoms with Gasteiger partial charge in [0, 0.05) is 5.56 Å². The number of fused-ring (bicyclic) bond motifs is 1. The van der Waals surface area contributed by atoms with Crippen LogP contribution in [-0.2, 0) is 0 Å². The van der Waals surface area contributed by atoms with Crippen molar-refractivity contribution in [1.29, 1.82) is 0 Å². The maximum absolute atomic E-state index is 11.7. The number of aromatic nitrogens is 2. The highest BCUT2D eigenvalue weighted by Gasteiger charge is 2.15. The van der Waals surface area contributed by atoms with Crippen molar-refractivity contribution in [3.8, 4) is 22.9 Å². The van der Waals surface area contributed by atoms with Crippen molar-refractivity contribution in [3.05, 3.63) is 38.7 Å². The van der Waals surface area contributed by atoms with Crippen LogP contribution < -0.4 is 15.0 Å². The lowest BCUT2D eigenvalue weighted by molar-refractivity contribution is 0.174. The van der Waals surface area contributed by atoms with Gasteiger partial charge >= 0.3 is 0 Å². The second-order valence-electron chi connectivity index (χ2n) is 3.88. The third-order valence-electron chi connectivity index (χ3n) is 2.67. The summed E-state index contributed by atoms with van der Waals surface area (Å²) < 4.78 is 11.0. The molecule has 5 nitrogen and oxygen atoms in total. The summed E-state index contributed by atoms with van der Waals surface area (Å²) in [5, 5.41) is 0. The van der Waals surface area contributed by atoms with E-state index in [0.29, 0.717) is 27.5 Å². The van der Waals surface area contributed by atoms with E-state index in [1.54, 1.807) is 19.1 Å². The Balaban J connectivity index is 2.13. The Morgan fingerprint density at radius 2 is 2.11 bits per heavy atom. The minimum atomic E-state index is -0.199. The zero-order chi connectivity index (χ0) is 12.7. The fraction of sp³-hybridized carbons (Fsp3) is 0.167. The van der Waals surface area contributed by atoms with Crippen LogP contribution in [0.1, 0.15) is 5.69 Å². The molecule has 18 heavy (non-hydrogen) atoms. The molecule has 0 unspecified atom stereocenters. The number of hydrogen-bond acceptors (Lipinski definition) is 4. The van der Waals surface area contributed by atoms with Crippen LogP contribution in [-0.4, -0.2) is 16.8 Å². The summed E-state index contributed by atoms with van der Waals surface area (Å²) in [5.41, 5.74) is 1.23. The van der Waals surface area contributed by atoms with Crippen LogP contribution in [0.5, 0.6) is 11.5 Å². The van der Waals surface area contributed by atoms with Crippen LogP contribution in [0, 0.1) is 6.92 Å². The number of halogens is 1. The fourth-order valence-electron chi connectivity index (χ4n) is 1.75. The molecule has 6 heteroatoms. The molecule has 1 N–H and O–H groups in total. The predicted octanol–water partition coefficient (Wildman–Crippen LogP) is 2.24. The zero-order valence-corrected chi connectivity index (χ0v) is 11.1. The Morgan fingerprint density at radius 3 is 2.89 bits per heavy atom. The van der Waals surface area contributed by atoms with Gasteiger partial charge < -0.3 is 14.5 Å². The van der Waals surface area contributed by atoms with Gasteiger partial charge in [-0.2, -0.15) is 0 Å². The largest absolute Gasteiger partial charge is 0.454 e. The Morgan fingerprint density at radius 1 is 1.33 bits per heavy atom. The normalized spacial score (nSPS) is 12.8. The molecule has 0 amide bonds. The van der Waals surface area contributed by atoms with Gasteiger partial charge in [-0.1, -0.05) is 0 Å². The molecule has 1 aromatic heterocycles. The average molecular weight is 309 g/mol. The number of H-pyrrole nitrogens is 1. The number of aryl methyl sites for hydroxylation is 1. The monoisotopic (exact) mass is 308 g/mol. The first-order valence-electron chi connectivity index (χ1n) is 5.31. The Hall–Kier alpha value is -1.82. The van der Waals surface area contributed by atoms with E-state index in [0.717, 1.165) is 5.56 Å². The third-order valence-corrected chi connectivity index (χ3v) is 3.61. The van der Waals surface area contributed by atoms with Gasteiger partial charge in [0.15, 0.2) is 11.5 Å². The van der Waals surface area contributed by atoms with Crippen molar-refractivity contribution in [3.63, 3.8) is 0 Å². The molecule has 0 spiro atoms. The molecule has 2 heterocycles. The topological polar surface area (TPSA) is 64.2 Å². The Bertz CT molecular complexity index is 682. The van der Waals surface area contributed by atoms with Crippen LogP contribution in [0.25, 0.3) is 11.4 Å². The number of hydrogen-bond donors (Lipinski definition) is 1. The van der Waals surface area contributed by atoms with E-state index in [1.807, 2.05) is 6.07 Å². The summed E-state index contributed by atoms with van der Waals surface area (Å²) >= 11 is 3.18. The number of aromatic amines is 1. The summed E-state index contributed by atoms with van der Waals surface area (Å²) in [4.78, 5) is 18.7. The highest BCUT2D eigenvalue weighted by atomic mass is 79.9. The summed E-state index contributed by atoms with van der Waals surface area (Å²) in [7, 11) is 0. The van der Waals surface area contributed by atoms with E-state index in [9.17, 15) is 4.79 Å². The van der Waals surface area contributed by atoms with Gasteiger partial charge in [-0.05, 0) is 41.1 Å². The van der Waals surface area contributed by atoms with Crippen LogP contribution >= 0.6 is 15.9 Å². The van der Waals surface area contributed by atoms with Crippen molar-refractivity contribution < 1.29 is 9.47 Å². The summed E-state index contributed by atoms with van der Waals surface area (Å²) in [6.45, 7) is 2.00. The molecule has 1 aromatic carbocycles. The number of benzene rings is 1. The molecule has 1 aliphatic heterocycles. The van der Waals surface area contributed by atoms with Crippen molar-refractivity contribution in [2.45, 2.75) is 6.92 Å². The first-order valence-corrected chi connectivity index (χ1v) is 6.11. The average Bonchev–Trinajstić information content (AvgIpc) is 2.82. The summed E-state index contributed by atoms with van der Waals surface area (Å²) in [6.07, 6.45) is 0. The van der Waals surface area contributed by atoms with Gasteiger partial charge in [0.2, 0.25) is 6.79 Å². The highest BCUT2D eigenvalue weighted by Crippen LogP contribution is 2.34. The zero-order valence-electron chi connectivity index (χ0n) is 9.49. The minimum Gasteiger partial charge on any atom is -0.454 e.